The van der Waals surface area contributed by atoms with Gasteiger partial charge >= 0.3 is 24.4 Å². The van der Waals surface area contributed by atoms with E-state index in [0.717, 1.165) is 0 Å². The summed E-state index contributed by atoms with van der Waals surface area (Å²) < 4.78 is 31.2. The summed E-state index contributed by atoms with van der Waals surface area (Å²) >= 11 is 0. The zero-order valence-corrected chi connectivity index (χ0v) is 24.5. The third-order valence-electron chi connectivity index (χ3n) is 5.94. The number of hydrogen-bond acceptors (Lipinski definition) is 11. The van der Waals surface area contributed by atoms with Crippen molar-refractivity contribution in [2.45, 2.75) is 86.0 Å². The van der Waals surface area contributed by atoms with E-state index >= 15 is 0 Å². The van der Waals surface area contributed by atoms with Gasteiger partial charge in [-0.1, -0.05) is 47.6 Å². The normalized spacial score (nSPS) is 14.9. The van der Waals surface area contributed by atoms with Crippen LogP contribution in [0.3, 0.4) is 0 Å². The highest BCUT2D eigenvalue weighted by molar-refractivity contribution is 5.75. The Hall–Kier alpha value is -3.54. The highest BCUT2D eigenvalue weighted by Crippen LogP contribution is 2.37. The number of benzene rings is 1. The van der Waals surface area contributed by atoms with Gasteiger partial charge in [-0.2, -0.15) is 0 Å². The van der Waals surface area contributed by atoms with Gasteiger partial charge in [-0.3, -0.25) is 4.79 Å². The number of carbonyl (C=O) groups is 4. The number of ether oxygens (including phenoxy) is 6. The molecule has 3 N–H and O–H groups in total. The SMILES string of the molecule is CCC(C)OC(=O)OC(C)C(C)C(c1ccc(OC(=O)OCC(C)C)c(OC(=O)OCC(C)C)c1)[C@H](N)C(=O)O. The lowest BCUT2D eigenvalue weighted by Crippen LogP contribution is -2.42. The molecule has 12 heteroatoms. The predicted octanol–water partition coefficient (Wildman–Crippen LogP) is 5.50. The Morgan fingerprint density at radius 2 is 1.32 bits per heavy atom. The van der Waals surface area contributed by atoms with Gasteiger partial charge in [0.2, 0.25) is 0 Å². The molecular formula is C28H43NO11. The average Bonchev–Trinajstić information content (AvgIpc) is 2.87. The monoisotopic (exact) mass is 569 g/mol. The van der Waals surface area contributed by atoms with Crippen LogP contribution in [0.25, 0.3) is 0 Å². The van der Waals surface area contributed by atoms with E-state index in [1.54, 1.807) is 20.8 Å². The van der Waals surface area contributed by atoms with E-state index in [0.29, 0.717) is 12.0 Å². The van der Waals surface area contributed by atoms with Gasteiger partial charge in [-0.05, 0) is 49.8 Å². The van der Waals surface area contributed by atoms with E-state index in [4.69, 9.17) is 34.2 Å². The van der Waals surface area contributed by atoms with E-state index in [9.17, 15) is 24.3 Å². The Labute approximate surface area is 235 Å². The molecule has 0 aromatic heterocycles. The lowest BCUT2D eigenvalue weighted by atomic mass is 9.79. The van der Waals surface area contributed by atoms with E-state index in [2.05, 4.69) is 0 Å². The molecule has 12 nitrogen and oxygen atoms in total. The molecule has 0 aliphatic rings. The maximum Gasteiger partial charge on any atom is 0.513 e. The summed E-state index contributed by atoms with van der Waals surface area (Å²) in [6.07, 6.45) is -3.54. The summed E-state index contributed by atoms with van der Waals surface area (Å²) in [5.74, 6) is -3.15. The quantitative estimate of drug-likeness (QED) is 0.164. The number of rotatable bonds is 14. The highest BCUT2D eigenvalue weighted by Gasteiger charge is 2.36. The Morgan fingerprint density at radius 1 is 0.800 bits per heavy atom. The van der Waals surface area contributed by atoms with Gasteiger partial charge in [0.05, 0.1) is 13.2 Å². The molecule has 0 radical (unpaired) electrons. The molecule has 0 saturated heterocycles. The minimum absolute atomic E-state index is 0.0351. The van der Waals surface area contributed by atoms with Gasteiger partial charge in [0.1, 0.15) is 18.2 Å². The molecule has 1 rings (SSSR count). The second-order valence-electron chi connectivity index (χ2n) is 10.5. The van der Waals surface area contributed by atoms with Gasteiger partial charge < -0.3 is 39.3 Å². The molecule has 1 aromatic rings. The summed E-state index contributed by atoms with van der Waals surface area (Å²) in [5.41, 5.74) is 6.40. The summed E-state index contributed by atoms with van der Waals surface area (Å²) in [6, 6.07) is 2.70. The number of carbonyl (C=O) groups excluding carboxylic acids is 3. The van der Waals surface area contributed by atoms with Crippen LogP contribution < -0.4 is 15.2 Å². The van der Waals surface area contributed by atoms with Crippen LogP contribution in [0.2, 0.25) is 0 Å². The van der Waals surface area contributed by atoms with Gasteiger partial charge in [0.25, 0.3) is 0 Å². The zero-order chi connectivity index (χ0) is 30.6. The summed E-state index contributed by atoms with van der Waals surface area (Å²) in [5, 5.41) is 9.74. The minimum Gasteiger partial charge on any atom is -0.480 e. The van der Waals surface area contributed by atoms with Crippen LogP contribution in [0, 0.1) is 17.8 Å². The summed E-state index contributed by atoms with van der Waals surface area (Å²) in [7, 11) is 0. The number of carboxylic acids is 1. The van der Waals surface area contributed by atoms with Crippen molar-refractivity contribution in [3.8, 4) is 11.5 Å². The van der Waals surface area contributed by atoms with Crippen LogP contribution in [-0.4, -0.2) is 61.0 Å². The molecule has 0 saturated carbocycles. The molecule has 0 bridgehead atoms. The van der Waals surface area contributed by atoms with E-state index < -0.39 is 48.4 Å². The number of nitrogens with two attached hydrogens (primary N) is 1. The molecule has 4 unspecified atom stereocenters. The lowest BCUT2D eigenvalue weighted by Gasteiger charge is -2.31. The molecular weight excluding hydrogens is 526 g/mol. The van der Waals surface area contributed by atoms with Crippen molar-refractivity contribution < 1.29 is 52.7 Å². The summed E-state index contributed by atoms with van der Waals surface area (Å²) in [6.45, 7) is 14.4. The van der Waals surface area contributed by atoms with Crippen molar-refractivity contribution in [3.63, 3.8) is 0 Å². The number of hydrogen-bond donors (Lipinski definition) is 2. The molecule has 0 amide bonds. The van der Waals surface area contributed by atoms with Crippen LogP contribution >= 0.6 is 0 Å². The standard InChI is InChI=1S/C28H43NO11/c1-9-17(6)37-28(34)38-19(8)18(7)23(24(29)25(30)31)20-10-11-21(39-26(32)35-13-15(2)3)22(12-20)40-27(33)36-14-16(4)5/h10-12,15-19,23-24H,9,13-14,29H2,1-8H3,(H,30,31)/t17?,18?,19?,23?,24-/m0/s1. The van der Waals surface area contributed by atoms with Gasteiger partial charge in [-0.15, -0.1) is 0 Å². The third-order valence-corrected chi connectivity index (χ3v) is 5.94. The third kappa shape index (κ3) is 11.7. The van der Waals surface area contributed by atoms with Crippen molar-refractivity contribution in [2.24, 2.45) is 23.5 Å². The second kappa shape index (κ2) is 16.5. The van der Waals surface area contributed by atoms with Gasteiger partial charge in [-0.25, -0.2) is 14.4 Å². The topological polar surface area (TPSA) is 170 Å². The first-order chi connectivity index (χ1) is 18.7. The van der Waals surface area contributed by atoms with Crippen LogP contribution in [0.5, 0.6) is 11.5 Å². The van der Waals surface area contributed by atoms with Crippen molar-refractivity contribution in [2.75, 3.05) is 13.2 Å². The predicted molar refractivity (Wildman–Crippen MR) is 144 cm³/mol. The fourth-order valence-corrected chi connectivity index (χ4v) is 3.42. The Morgan fingerprint density at radius 3 is 1.80 bits per heavy atom. The van der Waals surface area contributed by atoms with Crippen molar-refractivity contribution >= 4 is 24.4 Å². The smallest absolute Gasteiger partial charge is 0.480 e. The molecule has 0 heterocycles. The van der Waals surface area contributed by atoms with E-state index in [-0.39, 0.29) is 42.7 Å². The molecule has 0 fully saturated rings. The van der Waals surface area contributed by atoms with Crippen LogP contribution in [-0.2, 0) is 23.7 Å². The van der Waals surface area contributed by atoms with E-state index in [1.165, 1.54) is 18.2 Å². The maximum atomic E-state index is 12.4. The molecule has 40 heavy (non-hydrogen) atoms. The molecule has 0 aliphatic carbocycles. The second-order valence-corrected chi connectivity index (χ2v) is 10.5. The average molecular weight is 570 g/mol. The van der Waals surface area contributed by atoms with Crippen LogP contribution in [0.15, 0.2) is 18.2 Å². The molecule has 226 valence electrons. The molecule has 1 aromatic carbocycles. The van der Waals surface area contributed by atoms with Crippen LogP contribution in [0.1, 0.15) is 73.3 Å². The van der Waals surface area contributed by atoms with Gasteiger partial charge in [0, 0.05) is 11.8 Å². The zero-order valence-electron chi connectivity index (χ0n) is 24.5. The first-order valence-corrected chi connectivity index (χ1v) is 13.3. The van der Waals surface area contributed by atoms with Gasteiger partial charge in [0.15, 0.2) is 11.5 Å². The fourth-order valence-electron chi connectivity index (χ4n) is 3.42. The lowest BCUT2D eigenvalue weighted by molar-refractivity contribution is -0.139. The molecule has 0 spiro atoms. The highest BCUT2D eigenvalue weighted by atomic mass is 16.7. The molecule has 0 aliphatic heterocycles. The number of aliphatic carboxylic acids is 1. The molecule has 5 atom stereocenters. The Bertz CT molecular complexity index is 994. The van der Waals surface area contributed by atoms with E-state index in [1.807, 2.05) is 34.6 Å². The maximum absolute atomic E-state index is 12.4. The Kier molecular flexibility index (Phi) is 14.3. The van der Waals surface area contributed by atoms with Crippen LogP contribution in [0.4, 0.5) is 14.4 Å². The minimum atomic E-state index is -1.44. The largest absolute Gasteiger partial charge is 0.513 e. The first-order valence-electron chi connectivity index (χ1n) is 13.3. The summed E-state index contributed by atoms with van der Waals surface area (Å²) in [4.78, 5) is 48.7. The fraction of sp³-hybridized carbons (Fsp3) is 0.643. The van der Waals surface area contributed by atoms with Crippen molar-refractivity contribution in [3.05, 3.63) is 23.8 Å². The van der Waals surface area contributed by atoms with Crippen molar-refractivity contribution in [1.82, 2.24) is 0 Å². The first kappa shape index (κ1) is 34.5. The van der Waals surface area contributed by atoms with Crippen molar-refractivity contribution in [1.29, 1.82) is 0 Å². The number of carboxylic acid groups (broad SMARTS) is 1. The Balaban J connectivity index is 3.39.